The minimum atomic E-state index is -0.264. The molecule has 460 valence electrons. The molecule has 2 heterocycles. The normalized spacial score (nSPS) is 13.1. The van der Waals surface area contributed by atoms with Crippen molar-refractivity contribution < 1.29 is 0 Å². The molecule has 97 heavy (non-hydrogen) atoms. The van der Waals surface area contributed by atoms with Crippen LogP contribution in [0.15, 0.2) is 346 Å². The van der Waals surface area contributed by atoms with Gasteiger partial charge >= 0.3 is 0 Å². The summed E-state index contributed by atoms with van der Waals surface area (Å²) in [5.41, 5.74) is 34.8. The topological polar surface area (TPSA) is 13.1 Å². The maximum Gasteiger partial charge on any atom is 0.0619 e. The molecule has 14 aromatic carbocycles. The van der Waals surface area contributed by atoms with Crippen molar-refractivity contribution >= 4 is 38.9 Å². The quantitative estimate of drug-likeness (QED) is 0.119. The van der Waals surface area contributed by atoms with Crippen molar-refractivity contribution in [3.63, 3.8) is 0 Å². The largest absolute Gasteiger partial charge is 0.311 e. The van der Waals surface area contributed by atoms with E-state index in [-0.39, 0.29) is 10.8 Å². The standard InChI is InChI=1S/C94H69N3/c1-93(2)83-56-70(46-54-77(83)79-58-81-87(60-85(79)93)96(72-36-22-10-23-37-72)91(68-32-18-8-19-33-68)89(81)66-28-14-6-15-29-66)64-42-50-75(51-43-64)95(74-48-40-63(41-49-74)62-26-12-5-13-27-62)76-52-44-65(45-53-76)71-47-55-78-80-59-82-88(61-86(80)94(3,4)84(78)57-71)97(73-38-24-11-25-39-73)92(69-34-20-9-21-35-69)90(82)67-30-16-7-17-31-67/h5-61H,1-4H3. The molecule has 0 amide bonds. The van der Waals surface area contributed by atoms with Gasteiger partial charge in [0.05, 0.1) is 22.4 Å². The Kier molecular flexibility index (Phi) is 13.6. The summed E-state index contributed by atoms with van der Waals surface area (Å²) in [5, 5.41) is 2.49. The van der Waals surface area contributed by atoms with Gasteiger partial charge in [-0.1, -0.05) is 276 Å². The third kappa shape index (κ3) is 9.48. The lowest BCUT2D eigenvalue weighted by Crippen LogP contribution is -2.15. The van der Waals surface area contributed by atoms with Gasteiger partial charge in [-0.15, -0.1) is 0 Å². The van der Waals surface area contributed by atoms with Crippen LogP contribution in [0.2, 0.25) is 0 Å². The van der Waals surface area contributed by atoms with Gasteiger partial charge in [0.2, 0.25) is 0 Å². The van der Waals surface area contributed by atoms with Crippen LogP contribution in [-0.2, 0) is 10.8 Å². The summed E-state index contributed by atoms with van der Waals surface area (Å²) in [6.45, 7) is 9.63. The van der Waals surface area contributed by atoms with Crippen molar-refractivity contribution in [3.8, 4) is 112 Å². The van der Waals surface area contributed by atoms with E-state index in [1.54, 1.807) is 0 Å². The van der Waals surface area contributed by atoms with Crippen molar-refractivity contribution in [3.05, 3.63) is 368 Å². The number of fused-ring (bicyclic) bond motifs is 8. The predicted molar refractivity (Wildman–Crippen MR) is 408 cm³/mol. The number of rotatable bonds is 12. The Morgan fingerprint density at radius 1 is 0.227 bits per heavy atom. The number of hydrogen-bond donors (Lipinski definition) is 0. The molecule has 0 saturated carbocycles. The van der Waals surface area contributed by atoms with E-state index < -0.39 is 0 Å². The zero-order chi connectivity index (χ0) is 64.9. The fourth-order valence-corrected chi connectivity index (χ4v) is 16.1. The fraction of sp³-hybridized carbons (Fsp3) is 0.0638. The molecule has 0 unspecified atom stereocenters. The summed E-state index contributed by atoms with van der Waals surface area (Å²) < 4.78 is 4.98. The molecular formula is C94H69N3. The maximum atomic E-state index is 2.49. The first-order valence-electron chi connectivity index (χ1n) is 33.9. The number of anilines is 3. The van der Waals surface area contributed by atoms with Crippen LogP contribution >= 0.6 is 0 Å². The molecule has 0 fully saturated rings. The summed E-state index contributed by atoms with van der Waals surface area (Å²) in [7, 11) is 0. The summed E-state index contributed by atoms with van der Waals surface area (Å²) in [4.78, 5) is 2.39. The van der Waals surface area contributed by atoms with Gasteiger partial charge in [-0.3, -0.25) is 0 Å². The van der Waals surface area contributed by atoms with E-state index in [9.17, 15) is 0 Å². The Labute approximate surface area is 567 Å². The molecule has 0 N–H and O–H groups in total. The number of hydrogen-bond acceptors (Lipinski definition) is 1. The van der Waals surface area contributed by atoms with E-state index >= 15 is 0 Å². The van der Waals surface area contributed by atoms with Crippen molar-refractivity contribution in [2.24, 2.45) is 0 Å². The Hall–Kier alpha value is -12.0. The van der Waals surface area contributed by atoms with Gasteiger partial charge in [0, 0.05) is 61.2 Å². The number of benzene rings is 14. The van der Waals surface area contributed by atoms with Gasteiger partial charge in [-0.05, 0) is 197 Å². The highest BCUT2D eigenvalue weighted by Crippen LogP contribution is 2.56. The molecule has 2 aliphatic carbocycles. The van der Waals surface area contributed by atoms with Gasteiger partial charge < -0.3 is 14.0 Å². The van der Waals surface area contributed by atoms with Crippen LogP contribution < -0.4 is 4.90 Å². The van der Waals surface area contributed by atoms with Crippen molar-refractivity contribution in [2.45, 2.75) is 38.5 Å². The van der Waals surface area contributed by atoms with Crippen LogP contribution in [0.3, 0.4) is 0 Å². The molecule has 2 aliphatic rings. The molecule has 2 aromatic heterocycles. The molecule has 3 nitrogen and oxygen atoms in total. The van der Waals surface area contributed by atoms with Crippen LogP contribution in [0.5, 0.6) is 0 Å². The fourth-order valence-electron chi connectivity index (χ4n) is 16.1. The molecule has 0 aliphatic heterocycles. The first kappa shape index (κ1) is 57.6. The third-order valence-corrected chi connectivity index (χ3v) is 20.9. The summed E-state index contributed by atoms with van der Waals surface area (Å²) >= 11 is 0. The highest BCUT2D eigenvalue weighted by molar-refractivity contribution is 6.10. The van der Waals surface area contributed by atoms with Gasteiger partial charge in [0.25, 0.3) is 0 Å². The first-order chi connectivity index (χ1) is 47.6. The van der Waals surface area contributed by atoms with E-state index in [4.69, 9.17) is 0 Å². The Bertz CT molecular complexity index is 5340. The van der Waals surface area contributed by atoms with Crippen LogP contribution in [0.25, 0.3) is 134 Å². The van der Waals surface area contributed by atoms with Gasteiger partial charge in [-0.25, -0.2) is 0 Å². The van der Waals surface area contributed by atoms with E-state index in [0.717, 1.165) is 28.4 Å². The molecule has 0 bridgehead atoms. The molecular weight excluding hydrogens is 1170 g/mol. The lowest BCUT2D eigenvalue weighted by molar-refractivity contribution is 0.661. The molecule has 0 radical (unpaired) electrons. The van der Waals surface area contributed by atoms with E-state index in [1.807, 2.05) is 0 Å². The Morgan fingerprint density at radius 3 is 0.835 bits per heavy atom. The Morgan fingerprint density at radius 2 is 0.495 bits per heavy atom. The first-order valence-corrected chi connectivity index (χ1v) is 33.9. The van der Waals surface area contributed by atoms with Crippen LogP contribution in [0.1, 0.15) is 49.9 Å². The highest BCUT2D eigenvalue weighted by Gasteiger charge is 2.39. The van der Waals surface area contributed by atoms with Gasteiger partial charge in [0.1, 0.15) is 0 Å². The van der Waals surface area contributed by atoms with Crippen LogP contribution in [0.4, 0.5) is 17.1 Å². The minimum absolute atomic E-state index is 0.264. The molecule has 0 saturated heterocycles. The summed E-state index contributed by atoms with van der Waals surface area (Å²) in [5.74, 6) is 0. The second-order valence-electron chi connectivity index (χ2n) is 27.2. The lowest BCUT2D eigenvalue weighted by Gasteiger charge is -2.26. The van der Waals surface area contributed by atoms with Crippen molar-refractivity contribution in [2.75, 3.05) is 4.90 Å². The molecule has 18 rings (SSSR count). The second-order valence-corrected chi connectivity index (χ2v) is 27.2. The zero-order valence-corrected chi connectivity index (χ0v) is 54.8. The molecule has 0 spiro atoms. The number of aromatic nitrogens is 2. The summed E-state index contributed by atoms with van der Waals surface area (Å²) in [6, 6.07) is 128. The van der Waals surface area contributed by atoms with Gasteiger partial charge in [-0.2, -0.15) is 0 Å². The Balaban J connectivity index is 0.699. The average molecular weight is 1240 g/mol. The van der Waals surface area contributed by atoms with E-state index in [2.05, 4.69) is 388 Å². The molecule has 16 aromatic rings. The second kappa shape index (κ2) is 22.9. The average Bonchev–Trinajstić information content (AvgIpc) is 1.55. The predicted octanol–water partition coefficient (Wildman–Crippen LogP) is 25.3. The van der Waals surface area contributed by atoms with E-state index in [0.29, 0.717) is 0 Å². The highest BCUT2D eigenvalue weighted by atomic mass is 15.1. The monoisotopic (exact) mass is 1240 g/mol. The zero-order valence-electron chi connectivity index (χ0n) is 54.8. The van der Waals surface area contributed by atoms with E-state index in [1.165, 1.54) is 144 Å². The van der Waals surface area contributed by atoms with Crippen LogP contribution in [-0.4, -0.2) is 9.13 Å². The van der Waals surface area contributed by atoms with Crippen molar-refractivity contribution in [1.29, 1.82) is 0 Å². The SMILES string of the molecule is CC1(C)c2cc(-c3ccc(N(c4ccc(-c5ccccc5)cc4)c4ccc(-c5ccc6c(c5)C(C)(C)c5cc7c(cc5-6)c(-c5ccccc5)c(-c5ccccc5)n7-c5ccccc5)cc4)cc3)ccc2-c2cc3c(-c4ccccc4)c(-c4ccccc4)n(-c4ccccc4)c3cc21. The number of para-hydroxylation sites is 2. The number of nitrogens with zero attached hydrogens (tertiary/aromatic N) is 3. The summed E-state index contributed by atoms with van der Waals surface area (Å²) in [6.07, 6.45) is 0. The smallest absolute Gasteiger partial charge is 0.0619 e. The van der Waals surface area contributed by atoms with Crippen LogP contribution in [0, 0.1) is 0 Å². The third-order valence-electron chi connectivity index (χ3n) is 20.9. The van der Waals surface area contributed by atoms with Gasteiger partial charge in [0.15, 0.2) is 0 Å². The molecule has 0 atom stereocenters. The molecule has 3 heteroatoms. The maximum absolute atomic E-state index is 2.49. The van der Waals surface area contributed by atoms with Crippen molar-refractivity contribution in [1.82, 2.24) is 9.13 Å². The minimum Gasteiger partial charge on any atom is -0.311 e. The lowest BCUT2D eigenvalue weighted by atomic mass is 9.81.